The monoisotopic (exact) mass is 411 g/mol. The third-order valence-corrected chi connectivity index (χ3v) is 5.47. The number of amides is 4. The lowest BCUT2D eigenvalue weighted by Crippen LogP contribution is -2.52. The molecule has 30 heavy (non-hydrogen) atoms. The van der Waals surface area contributed by atoms with Crippen LogP contribution < -0.4 is 5.32 Å². The highest BCUT2D eigenvalue weighted by molar-refractivity contribution is 6.05. The van der Waals surface area contributed by atoms with Crippen molar-refractivity contribution in [2.24, 2.45) is 0 Å². The van der Waals surface area contributed by atoms with Crippen molar-refractivity contribution in [3.8, 4) is 0 Å². The van der Waals surface area contributed by atoms with E-state index in [1.54, 1.807) is 4.90 Å². The highest BCUT2D eigenvalue weighted by Gasteiger charge is 2.39. The second-order valence-corrected chi connectivity index (χ2v) is 8.86. The van der Waals surface area contributed by atoms with Crippen molar-refractivity contribution in [2.75, 3.05) is 13.1 Å². The molecule has 0 radical (unpaired) electrons. The predicted octanol–water partition coefficient (Wildman–Crippen LogP) is 2.08. The number of nitrogens with one attached hydrogen (secondary N) is 1. The summed E-state index contributed by atoms with van der Waals surface area (Å²) in [7, 11) is 0. The van der Waals surface area contributed by atoms with Crippen LogP contribution in [0.2, 0.25) is 0 Å². The number of ether oxygens (including phenoxy) is 1. The number of carbonyl (C=O) groups is 4. The van der Waals surface area contributed by atoms with Crippen LogP contribution in [0.15, 0.2) is 24.3 Å². The van der Waals surface area contributed by atoms with E-state index in [-0.39, 0.29) is 24.3 Å². The Morgan fingerprint density at radius 1 is 1.17 bits per heavy atom. The summed E-state index contributed by atoms with van der Waals surface area (Å²) in [6.45, 7) is 6.71. The Labute approximate surface area is 174 Å². The molecule has 3 aliphatic rings. The summed E-state index contributed by atoms with van der Waals surface area (Å²) >= 11 is 0. The number of piperidine rings is 1. The molecule has 0 spiro atoms. The minimum atomic E-state index is -0.626. The normalized spacial score (nSPS) is 21.5. The number of carbonyl (C=O) groups excluding carboxylic acids is 4. The molecule has 0 saturated carbocycles. The zero-order valence-electron chi connectivity index (χ0n) is 17.4. The number of benzene rings is 1. The van der Waals surface area contributed by atoms with Crippen molar-refractivity contribution in [3.63, 3.8) is 0 Å². The first-order valence-corrected chi connectivity index (χ1v) is 10.1. The van der Waals surface area contributed by atoms with Gasteiger partial charge in [-0.05, 0) is 50.0 Å². The van der Waals surface area contributed by atoms with Crippen molar-refractivity contribution < 1.29 is 23.9 Å². The maximum Gasteiger partial charge on any atom is 0.410 e. The Morgan fingerprint density at radius 3 is 2.63 bits per heavy atom. The molecule has 1 saturated heterocycles. The van der Waals surface area contributed by atoms with E-state index in [1.165, 1.54) is 4.90 Å². The van der Waals surface area contributed by atoms with E-state index in [2.05, 4.69) is 5.32 Å². The van der Waals surface area contributed by atoms with Crippen LogP contribution in [0.5, 0.6) is 0 Å². The second-order valence-electron chi connectivity index (χ2n) is 8.86. The number of hydrogen-bond acceptors (Lipinski definition) is 5. The summed E-state index contributed by atoms with van der Waals surface area (Å²) in [5, 5.41) is 2.31. The van der Waals surface area contributed by atoms with Gasteiger partial charge >= 0.3 is 6.09 Å². The summed E-state index contributed by atoms with van der Waals surface area (Å²) in [6, 6.07) is 5.03. The molecule has 1 aromatic rings. The van der Waals surface area contributed by atoms with Crippen LogP contribution in [-0.4, -0.2) is 58.3 Å². The van der Waals surface area contributed by atoms with Crippen LogP contribution in [0, 0.1) is 0 Å². The lowest BCUT2D eigenvalue weighted by molar-refractivity contribution is -0.136. The van der Waals surface area contributed by atoms with E-state index in [9.17, 15) is 19.2 Å². The van der Waals surface area contributed by atoms with Crippen LogP contribution in [-0.2, 0) is 20.9 Å². The van der Waals surface area contributed by atoms with Gasteiger partial charge in [-0.2, -0.15) is 0 Å². The molecule has 1 unspecified atom stereocenters. The molecule has 0 bridgehead atoms. The van der Waals surface area contributed by atoms with Gasteiger partial charge in [-0.15, -0.1) is 0 Å². The Hall–Kier alpha value is -3.16. The molecule has 8 heteroatoms. The molecule has 1 atom stereocenters. The molecular weight excluding hydrogens is 386 g/mol. The van der Waals surface area contributed by atoms with Gasteiger partial charge in [0.2, 0.25) is 11.8 Å². The number of hydrogen-bond donors (Lipinski definition) is 1. The third-order valence-electron chi connectivity index (χ3n) is 5.47. The highest BCUT2D eigenvalue weighted by atomic mass is 16.6. The Morgan fingerprint density at radius 2 is 1.93 bits per heavy atom. The van der Waals surface area contributed by atoms with Gasteiger partial charge in [-0.3, -0.25) is 19.7 Å². The van der Waals surface area contributed by atoms with Gasteiger partial charge < -0.3 is 14.5 Å². The van der Waals surface area contributed by atoms with Crippen LogP contribution in [0.3, 0.4) is 0 Å². The molecule has 1 N–H and O–H groups in total. The highest BCUT2D eigenvalue weighted by Crippen LogP contribution is 2.31. The standard InChI is InChI=1S/C22H25N3O5/c1-22(2,3)30-21(29)24-9-8-14(11-24)13-4-5-15-12-25(20(28)16(15)10-13)17-6-7-18(26)23-19(17)27/h4-5,8,10,17H,6-7,9,11-12H2,1-3H3,(H,23,26,27). The molecule has 4 amide bonds. The van der Waals surface area contributed by atoms with Crippen molar-refractivity contribution in [2.45, 2.75) is 51.8 Å². The molecule has 158 valence electrons. The maximum absolute atomic E-state index is 13.0. The van der Waals surface area contributed by atoms with E-state index < -0.39 is 17.6 Å². The topological polar surface area (TPSA) is 96.0 Å². The van der Waals surface area contributed by atoms with E-state index in [0.29, 0.717) is 31.6 Å². The zero-order chi connectivity index (χ0) is 21.6. The molecule has 4 rings (SSSR count). The van der Waals surface area contributed by atoms with Crippen molar-refractivity contribution in [3.05, 3.63) is 41.0 Å². The SMILES string of the molecule is CC(C)(C)OC(=O)N1CC=C(c2ccc3c(c2)C(=O)N(C2CCC(=O)NC2=O)C3)C1. The minimum absolute atomic E-state index is 0.205. The number of imide groups is 1. The first kappa shape index (κ1) is 20.1. The van der Waals surface area contributed by atoms with Crippen LogP contribution in [0.1, 0.15) is 55.1 Å². The van der Waals surface area contributed by atoms with Gasteiger partial charge in [0.15, 0.2) is 0 Å². The fraction of sp³-hybridized carbons (Fsp3) is 0.455. The van der Waals surface area contributed by atoms with Gasteiger partial charge in [0.1, 0.15) is 11.6 Å². The van der Waals surface area contributed by atoms with Crippen molar-refractivity contribution >= 4 is 29.4 Å². The largest absolute Gasteiger partial charge is 0.444 e. The Bertz CT molecular complexity index is 975. The van der Waals surface area contributed by atoms with Crippen molar-refractivity contribution in [1.82, 2.24) is 15.1 Å². The molecule has 3 aliphatic heterocycles. The summed E-state index contributed by atoms with van der Waals surface area (Å²) in [6.07, 6.45) is 2.17. The fourth-order valence-corrected chi connectivity index (χ4v) is 3.98. The molecule has 3 heterocycles. The summed E-state index contributed by atoms with van der Waals surface area (Å²) in [5.41, 5.74) is 2.69. The summed E-state index contributed by atoms with van der Waals surface area (Å²) in [4.78, 5) is 52.0. The van der Waals surface area contributed by atoms with Crippen LogP contribution >= 0.6 is 0 Å². The first-order valence-electron chi connectivity index (χ1n) is 10.1. The summed E-state index contributed by atoms with van der Waals surface area (Å²) in [5.74, 6) is -0.923. The number of fused-ring (bicyclic) bond motifs is 1. The van der Waals surface area contributed by atoms with Gasteiger partial charge in [-0.25, -0.2) is 4.79 Å². The third kappa shape index (κ3) is 3.81. The fourth-order valence-electron chi connectivity index (χ4n) is 3.98. The number of nitrogens with zero attached hydrogens (tertiary/aromatic N) is 2. The first-order chi connectivity index (χ1) is 14.1. The summed E-state index contributed by atoms with van der Waals surface area (Å²) < 4.78 is 5.43. The van der Waals surface area contributed by atoms with E-state index in [0.717, 1.165) is 16.7 Å². The average molecular weight is 411 g/mol. The minimum Gasteiger partial charge on any atom is -0.444 e. The molecule has 0 aliphatic carbocycles. The quantitative estimate of drug-likeness (QED) is 0.752. The predicted molar refractivity (Wildman–Crippen MR) is 108 cm³/mol. The van der Waals surface area contributed by atoms with Crippen LogP contribution in [0.4, 0.5) is 4.79 Å². The Balaban J connectivity index is 1.47. The maximum atomic E-state index is 13.0. The second kappa shape index (κ2) is 7.27. The smallest absolute Gasteiger partial charge is 0.410 e. The lowest BCUT2D eigenvalue weighted by atomic mass is 10.0. The van der Waals surface area contributed by atoms with Gasteiger partial charge in [0.25, 0.3) is 5.91 Å². The van der Waals surface area contributed by atoms with E-state index in [1.807, 2.05) is 45.0 Å². The molecule has 1 aromatic carbocycles. The van der Waals surface area contributed by atoms with Gasteiger partial charge in [0.05, 0.1) is 0 Å². The van der Waals surface area contributed by atoms with Crippen LogP contribution in [0.25, 0.3) is 5.57 Å². The zero-order valence-corrected chi connectivity index (χ0v) is 17.4. The molecule has 0 aromatic heterocycles. The van der Waals surface area contributed by atoms with E-state index in [4.69, 9.17) is 4.74 Å². The molecule has 1 fully saturated rings. The van der Waals surface area contributed by atoms with Gasteiger partial charge in [0, 0.05) is 31.6 Å². The molecular formula is C22H25N3O5. The van der Waals surface area contributed by atoms with Gasteiger partial charge in [-0.1, -0.05) is 18.2 Å². The average Bonchev–Trinajstić information content (AvgIpc) is 3.26. The van der Waals surface area contributed by atoms with Crippen molar-refractivity contribution in [1.29, 1.82) is 0 Å². The molecule has 8 nitrogen and oxygen atoms in total. The van der Waals surface area contributed by atoms with E-state index >= 15 is 0 Å². The Kier molecular flexibility index (Phi) is 4.88. The number of rotatable bonds is 2. The lowest BCUT2D eigenvalue weighted by Gasteiger charge is -2.29.